The van der Waals surface area contributed by atoms with Gasteiger partial charge in [-0.3, -0.25) is 9.88 Å². The Kier molecular flexibility index (Phi) is 5.70. The van der Waals surface area contributed by atoms with Crippen molar-refractivity contribution in [2.45, 2.75) is 19.1 Å². The van der Waals surface area contributed by atoms with Crippen LogP contribution in [0, 0.1) is 18.3 Å². The van der Waals surface area contributed by atoms with E-state index in [9.17, 15) is 14.4 Å². The SMILES string of the molecule is Cc1ccccc1CCN[C@@H](c1cccc(C#N)c1)P(=O)(O)O. The van der Waals surface area contributed by atoms with Gasteiger partial charge in [-0.25, -0.2) is 0 Å². The Balaban J connectivity index is 2.13. The van der Waals surface area contributed by atoms with E-state index in [-0.39, 0.29) is 0 Å². The molecule has 2 aromatic carbocycles. The molecule has 0 bridgehead atoms. The average molecular weight is 330 g/mol. The average Bonchev–Trinajstić information content (AvgIpc) is 2.52. The van der Waals surface area contributed by atoms with Crippen molar-refractivity contribution in [3.8, 4) is 6.07 Å². The second kappa shape index (κ2) is 7.54. The zero-order valence-electron chi connectivity index (χ0n) is 12.8. The third kappa shape index (κ3) is 4.75. The van der Waals surface area contributed by atoms with E-state index in [1.54, 1.807) is 18.2 Å². The lowest BCUT2D eigenvalue weighted by molar-refractivity contribution is 0.348. The van der Waals surface area contributed by atoms with Crippen LogP contribution in [-0.2, 0) is 11.0 Å². The normalized spacial score (nSPS) is 12.6. The van der Waals surface area contributed by atoms with Crippen LogP contribution in [0.3, 0.4) is 0 Å². The molecule has 2 rings (SSSR count). The number of nitriles is 1. The van der Waals surface area contributed by atoms with Gasteiger partial charge in [0.2, 0.25) is 0 Å². The van der Waals surface area contributed by atoms with Crippen LogP contribution in [0.5, 0.6) is 0 Å². The van der Waals surface area contributed by atoms with Gasteiger partial charge < -0.3 is 9.79 Å². The Morgan fingerprint density at radius 2 is 1.96 bits per heavy atom. The summed E-state index contributed by atoms with van der Waals surface area (Å²) in [5, 5.41) is 11.9. The first-order valence-corrected chi connectivity index (χ1v) is 8.93. The van der Waals surface area contributed by atoms with E-state index in [1.165, 1.54) is 6.07 Å². The molecule has 0 fully saturated rings. The van der Waals surface area contributed by atoms with Crippen LogP contribution in [0.1, 0.15) is 28.0 Å². The maximum Gasteiger partial charge on any atom is 0.346 e. The molecule has 0 unspecified atom stereocenters. The fourth-order valence-electron chi connectivity index (χ4n) is 2.44. The minimum Gasteiger partial charge on any atom is -0.323 e. The molecule has 5 nitrogen and oxygen atoms in total. The number of nitrogens with zero attached hydrogens (tertiary/aromatic N) is 1. The van der Waals surface area contributed by atoms with Gasteiger partial charge in [0.25, 0.3) is 0 Å². The van der Waals surface area contributed by atoms with Crippen molar-refractivity contribution in [1.82, 2.24) is 5.32 Å². The largest absolute Gasteiger partial charge is 0.346 e. The van der Waals surface area contributed by atoms with Gasteiger partial charge in [0.1, 0.15) is 5.78 Å². The highest BCUT2D eigenvalue weighted by molar-refractivity contribution is 7.52. The second-order valence-corrected chi connectivity index (χ2v) is 7.05. The van der Waals surface area contributed by atoms with E-state index in [1.807, 2.05) is 37.3 Å². The van der Waals surface area contributed by atoms with E-state index in [4.69, 9.17) is 5.26 Å². The van der Waals surface area contributed by atoms with Gasteiger partial charge in [-0.2, -0.15) is 5.26 Å². The lowest BCUT2D eigenvalue weighted by atomic mass is 10.1. The van der Waals surface area contributed by atoms with Gasteiger partial charge in [-0.15, -0.1) is 0 Å². The van der Waals surface area contributed by atoms with Crippen LogP contribution in [0.4, 0.5) is 0 Å². The fraction of sp³-hybridized carbons (Fsp3) is 0.235. The van der Waals surface area contributed by atoms with Crippen molar-refractivity contribution < 1.29 is 14.4 Å². The van der Waals surface area contributed by atoms with Gasteiger partial charge in [-0.1, -0.05) is 36.4 Å². The smallest absolute Gasteiger partial charge is 0.323 e. The molecule has 0 radical (unpaired) electrons. The summed E-state index contributed by atoms with van der Waals surface area (Å²) < 4.78 is 11.8. The summed E-state index contributed by atoms with van der Waals surface area (Å²) in [6, 6.07) is 16.2. The van der Waals surface area contributed by atoms with Crippen LogP contribution >= 0.6 is 7.60 Å². The van der Waals surface area contributed by atoms with Crippen molar-refractivity contribution in [1.29, 1.82) is 5.26 Å². The molecule has 0 saturated heterocycles. The summed E-state index contributed by atoms with van der Waals surface area (Å²) in [7, 11) is -4.38. The summed E-state index contributed by atoms with van der Waals surface area (Å²) in [6.07, 6.45) is 0.668. The highest BCUT2D eigenvalue weighted by atomic mass is 31.2. The number of benzene rings is 2. The van der Waals surface area contributed by atoms with E-state index < -0.39 is 13.4 Å². The molecule has 0 aliphatic carbocycles. The van der Waals surface area contributed by atoms with Gasteiger partial charge in [0.15, 0.2) is 0 Å². The maximum absolute atomic E-state index is 11.8. The molecule has 0 saturated carbocycles. The van der Waals surface area contributed by atoms with Crippen LogP contribution in [0.25, 0.3) is 0 Å². The summed E-state index contributed by atoms with van der Waals surface area (Å²) in [6.45, 7) is 2.43. The third-order valence-electron chi connectivity index (χ3n) is 3.66. The molecule has 0 amide bonds. The summed E-state index contributed by atoms with van der Waals surface area (Å²) in [4.78, 5) is 19.2. The van der Waals surface area contributed by atoms with E-state index in [2.05, 4.69) is 5.32 Å². The lowest BCUT2D eigenvalue weighted by Gasteiger charge is -2.21. The number of rotatable bonds is 6. The van der Waals surface area contributed by atoms with Crippen LogP contribution in [0.15, 0.2) is 48.5 Å². The second-order valence-electron chi connectivity index (χ2n) is 5.36. The minimum absolute atomic E-state index is 0.377. The van der Waals surface area contributed by atoms with E-state index >= 15 is 0 Å². The van der Waals surface area contributed by atoms with Gasteiger partial charge in [-0.05, 0) is 42.2 Å². The zero-order chi connectivity index (χ0) is 16.9. The first-order chi connectivity index (χ1) is 10.9. The van der Waals surface area contributed by atoms with Crippen LogP contribution < -0.4 is 5.32 Å². The quantitative estimate of drug-likeness (QED) is 0.708. The zero-order valence-corrected chi connectivity index (χ0v) is 13.7. The van der Waals surface area contributed by atoms with Crippen molar-refractivity contribution in [3.63, 3.8) is 0 Å². The number of aryl methyl sites for hydroxylation is 1. The molecule has 1 atom stereocenters. The van der Waals surface area contributed by atoms with Crippen LogP contribution in [-0.4, -0.2) is 16.3 Å². The Bertz CT molecular complexity index is 764. The molecule has 0 heterocycles. The van der Waals surface area contributed by atoms with E-state index in [0.717, 1.165) is 11.1 Å². The monoisotopic (exact) mass is 330 g/mol. The summed E-state index contributed by atoms with van der Waals surface area (Å²) in [5.41, 5.74) is 3.08. The predicted octanol–water partition coefficient (Wildman–Crippen LogP) is 2.88. The molecular formula is C17H19N2O3P. The first kappa shape index (κ1) is 17.4. The Hall–Kier alpha value is -1.96. The molecular weight excluding hydrogens is 311 g/mol. The molecule has 6 heteroatoms. The topological polar surface area (TPSA) is 93.4 Å². The number of hydrogen-bond acceptors (Lipinski definition) is 3. The summed E-state index contributed by atoms with van der Waals surface area (Å²) in [5.74, 6) is -1.11. The van der Waals surface area contributed by atoms with Gasteiger partial charge in [0, 0.05) is 6.54 Å². The number of nitrogens with one attached hydrogen (secondary N) is 1. The van der Waals surface area contributed by atoms with Crippen molar-refractivity contribution in [2.24, 2.45) is 0 Å². The first-order valence-electron chi connectivity index (χ1n) is 7.25. The number of hydrogen-bond donors (Lipinski definition) is 3. The Morgan fingerprint density at radius 3 is 2.61 bits per heavy atom. The standard InChI is InChI=1S/C17H19N2O3P/c1-13-5-2-3-7-15(13)9-10-19-17(23(20,21)22)16-8-4-6-14(11-16)12-18/h2-8,11,17,19H,9-10H2,1H3,(H2,20,21,22)/t17-/m1/s1. The highest BCUT2D eigenvalue weighted by Gasteiger charge is 2.30. The predicted molar refractivity (Wildman–Crippen MR) is 88.8 cm³/mol. The van der Waals surface area contributed by atoms with Gasteiger partial charge >= 0.3 is 7.60 Å². The molecule has 23 heavy (non-hydrogen) atoms. The molecule has 0 aliphatic heterocycles. The van der Waals surface area contributed by atoms with Crippen molar-refractivity contribution in [2.75, 3.05) is 6.54 Å². The molecule has 0 spiro atoms. The van der Waals surface area contributed by atoms with Crippen molar-refractivity contribution >= 4 is 7.60 Å². The van der Waals surface area contributed by atoms with Gasteiger partial charge in [0.05, 0.1) is 11.6 Å². The third-order valence-corrected chi connectivity index (χ3v) is 4.81. The fourth-order valence-corrected chi connectivity index (χ4v) is 3.36. The molecule has 0 aliphatic rings. The Labute approximate surface area is 135 Å². The van der Waals surface area contributed by atoms with Crippen molar-refractivity contribution in [3.05, 3.63) is 70.8 Å². The lowest BCUT2D eigenvalue weighted by Crippen LogP contribution is -2.24. The molecule has 0 aromatic heterocycles. The van der Waals surface area contributed by atoms with Crippen LogP contribution in [0.2, 0.25) is 0 Å². The molecule has 2 aromatic rings. The minimum atomic E-state index is -4.38. The maximum atomic E-state index is 11.8. The summed E-state index contributed by atoms with van der Waals surface area (Å²) >= 11 is 0. The van der Waals surface area contributed by atoms with E-state index in [0.29, 0.717) is 24.1 Å². The Morgan fingerprint density at radius 1 is 1.22 bits per heavy atom. The molecule has 120 valence electrons. The molecule has 3 N–H and O–H groups in total. The highest BCUT2D eigenvalue weighted by Crippen LogP contribution is 2.49.